The molecule has 0 N–H and O–H groups in total. The third-order valence-corrected chi connectivity index (χ3v) is 1.98. The maximum atomic E-state index is 10.3. The van der Waals surface area contributed by atoms with Crippen LogP contribution in [0.25, 0.3) is 10.9 Å². The number of nitro groups is 1. The molecule has 0 unspecified atom stereocenters. The molecule has 1 heterocycles. The van der Waals surface area contributed by atoms with E-state index in [-0.39, 0.29) is 11.5 Å². The summed E-state index contributed by atoms with van der Waals surface area (Å²) in [5.41, 5.74) is 1.56. The molecular weight excluding hydrogens is 180 g/mol. The molecule has 0 amide bonds. The van der Waals surface area contributed by atoms with Gasteiger partial charge in [0.05, 0.1) is 5.52 Å². The number of pyridine rings is 1. The summed E-state index contributed by atoms with van der Waals surface area (Å²) < 4.78 is 0. The lowest BCUT2D eigenvalue weighted by atomic mass is 10.1. The molecule has 0 saturated carbocycles. The highest BCUT2D eigenvalue weighted by atomic mass is 16.6. The fraction of sp³-hybridized carbons (Fsp3) is 0.100. The van der Waals surface area contributed by atoms with Gasteiger partial charge in [-0.2, -0.15) is 0 Å². The Hall–Kier alpha value is -1.97. The van der Waals surface area contributed by atoms with E-state index in [0.717, 1.165) is 10.9 Å². The lowest BCUT2D eigenvalue weighted by Gasteiger charge is -1.98. The normalized spacial score (nSPS) is 10.3. The highest BCUT2D eigenvalue weighted by Gasteiger charge is 2.02. The molecule has 14 heavy (non-hydrogen) atoms. The number of benzene rings is 1. The molecule has 70 valence electrons. The Balaban J connectivity index is 2.46. The van der Waals surface area contributed by atoms with Crippen molar-refractivity contribution in [3.8, 4) is 0 Å². The van der Waals surface area contributed by atoms with Crippen LogP contribution in [-0.4, -0.2) is 9.91 Å². The standard InChI is InChI=1S/C10H8N2O2/c13-12(14)7-8-3-4-10-9(6-8)2-1-5-11-10/h1-6H,7H2. The predicted octanol–water partition coefficient (Wildman–Crippen LogP) is 2.01. The highest BCUT2D eigenvalue weighted by molar-refractivity contribution is 5.78. The van der Waals surface area contributed by atoms with Crippen LogP contribution in [0, 0.1) is 10.1 Å². The van der Waals surface area contributed by atoms with E-state index in [9.17, 15) is 10.1 Å². The second kappa shape index (κ2) is 3.41. The molecule has 0 atom stereocenters. The highest BCUT2D eigenvalue weighted by Crippen LogP contribution is 2.13. The van der Waals surface area contributed by atoms with Gasteiger partial charge in [0.15, 0.2) is 0 Å². The summed E-state index contributed by atoms with van der Waals surface area (Å²) >= 11 is 0. The van der Waals surface area contributed by atoms with Crippen LogP contribution >= 0.6 is 0 Å². The minimum atomic E-state index is -0.336. The molecule has 4 nitrogen and oxygen atoms in total. The summed E-state index contributed by atoms with van der Waals surface area (Å²) in [6.07, 6.45) is 1.70. The molecular formula is C10H8N2O2. The Labute approximate surface area is 80.4 Å². The van der Waals surface area contributed by atoms with E-state index in [1.165, 1.54) is 0 Å². The van der Waals surface area contributed by atoms with Crippen LogP contribution < -0.4 is 0 Å². The first kappa shape index (κ1) is 8.62. The van der Waals surface area contributed by atoms with E-state index < -0.39 is 0 Å². The zero-order valence-corrected chi connectivity index (χ0v) is 7.38. The first-order valence-electron chi connectivity index (χ1n) is 4.21. The number of hydrogen-bond donors (Lipinski definition) is 0. The van der Waals surface area contributed by atoms with E-state index in [0.29, 0.717) is 5.56 Å². The molecule has 0 fully saturated rings. The summed E-state index contributed by atoms with van der Waals surface area (Å²) in [5, 5.41) is 11.2. The third-order valence-electron chi connectivity index (χ3n) is 1.98. The average Bonchev–Trinajstić information content (AvgIpc) is 2.17. The van der Waals surface area contributed by atoms with Crippen molar-refractivity contribution in [3.63, 3.8) is 0 Å². The van der Waals surface area contributed by atoms with Gasteiger partial charge < -0.3 is 0 Å². The molecule has 2 rings (SSSR count). The van der Waals surface area contributed by atoms with Crippen molar-refractivity contribution in [2.45, 2.75) is 6.54 Å². The molecule has 0 spiro atoms. The quantitative estimate of drug-likeness (QED) is 0.535. The van der Waals surface area contributed by atoms with Gasteiger partial charge in [0.1, 0.15) is 0 Å². The SMILES string of the molecule is O=[N+]([O-])Cc1ccc2ncccc2c1. The van der Waals surface area contributed by atoms with Gasteiger partial charge in [-0.05, 0) is 18.2 Å². The Bertz CT molecular complexity index is 482. The summed E-state index contributed by atoms with van der Waals surface area (Å²) in [6.45, 7) is -0.134. The zero-order chi connectivity index (χ0) is 9.97. The first-order valence-corrected chi connectivity index (χ1v) is 4.21. The molecule has 4 heteroatoms. The first-order chi connectivity index (χ1) is 6.75. The summed E-state index contributed by atoms with van der Waals surface area (Å²) in [4.78, 5) is 14.1. The minimum absolute atomic E-state index is 0.134. The van der Waals surface area contributed by atoms with E-state index in [1.807, 2.05) is 12.1 Å². The fourth-order valence-electron chi connectivity index (χ4n) is 1.37. The molecule has 1 aromatic carbocycles. The smallest absolute Gasteiger partial charge is 0.228 e. The van der Waals surface area contributed by atoms with Crippen LogP contribution in [0.2, 0.25) is 0 Å². The van der Waals surface area contributed by atoms with Gasteiger partial charge in [0.2, 0.25) is 6.54 Å². The van der Waals surface area contributed by atoms with Crippen molar-refractivity contribution in [1.29, 1.82) is 0 Å². The topological polar surface area (TPSA) is 56.0 Å². The number of aromatic nitrogens is 1. The molecule has 0 aliphatic carbocycles. The van der Waals surface area contributed by atoms with Crippen LogP contribution in [0.4, 0.5) is 0 Å². The Morgan fingerprint density at radius 2 is 2.21 bits per heavy atom. The minimum Gasteiger partial charge on any atom is -0.264 e. The summed E-state index contributed by atoms with van der Waals surface area (Å²) in [5.74, 6) is 0. The fourth-order valence-corrected chi connectivity index (χ4v) is 1.37. The van der Waals surface area contributed by atoms with E-state index in [2.05, 4.69) is 4.98 Å². The van der Waals surface area contributed by atoms with Crippen molar-refractivity contribution in [1.82, 2.24) is 4.98 Å². The van der Waals surface area contributed by atoms with Crippen molar-refractivity contribution in [2.24, 2.45) is 0 Å². The van der Waals surface area contributed by atoms with Gasteiger partial charge in [0.25, 0.3) is 0 Å². The number of rotatable bonds is 2. The van der Waals surface area contributed by atoms with Gasteiger partial charge in [0, 0.05) is 22.1 Å². The molecule has 2 aromatic rings. The van der Waals surface area contributed by atoms with Crippen LogP contribution in [0.3, 0.4) is 0 Å². The van der Waals surface area contributed by atoms with Gasteiger partial charge in [-0.15, -0.1) is 0 Å². The second-order valence-corrected chi connectivity index (χ2v) is 3.02. The van der Waals surface area contributed by atoms with Gasteiger partial charge >= 0.3 is 0 Å². The van der Waals surface area contributed by atoms with Gasteiger partial charge in [-0.3, -0.25) is 15.1 Å². The monoisotopic (exact) mass is 188 g/mol. The number of fused-ring (bicyclic) bond motifs is 1. The zero-order valence-electron chi connectivity index (χ0n) is 7.38. The molecule has 0 aliphatic rings. The predicted molar refractivity (Wildman–Crippen MR) is 52.4 cm³/mol. The van der Waals surface area contributed by atoms with Crippen LogP contribution in [-0.2, 0) is 6.54 Å². The maximum absolute atomic E-state index is 10.3. The van der Waals surface area contributed by atoms with Crippen LogP contribution in [0.15, 0.2) is 36.5 Å². The number of nitrogens with zero attached hydrogens (tertiary/aromatic N) is 2. The largest absolute Gasteiger partial charge is 0.264 e. The van der Waals surface area contributed by atoms with Crippen molar-refractivity contribution in [3.05, 3.63) is 52.2 Å². The van der Waals surface area contributed by atoms with Crippen LogP contribution in [0.1, 0.15) is 5.56 Å². The average molecular weight is 188 g/mol. The van der Waals surface area contributed by atoms with E-state index >= 15 is 0 Å². The van der Waals surface area contributed by atoms with E-state index in [1.54, 1.807) is 24.4 Å². The number of hydrogen-bond acceptors (Lipinski definition) is 3. The summed E-state index contributed by atoms with van der Waals surface area (Å²) in [6, 6.07) is 9.04. The Kier molecular flexibility index (Phi) is 2.10. The molecule has 0 radical (unpaired) electrons. The van der Waals surface area contributed by atoms with E-state index in [4.69, 9.17) is 0 Å². The summed E-state index contributed by atoms with van der Waals surface area (Å²) in [7, 11) is 0. The molecule has 0 saturated heterocycles. The molecule has 0 aliphatic heterocycles. The second-order valence-electron chi connectivity index (χ2n) is 3.02. The maximum Gasteiger partial charge on any atom is 0.228 e. The van der Waals surface area contributed by atoms with Crippen molar-refractivity contribution in [2.75, 3.05) is 0 Å². The Morgan fingerprint density at radius 1 is 1.36 bits per heavy atom. The molecule has 0 bridgehead atoms. The van der Waals surface area contributed by atoms with Crippen molar-refractivity contribution >= 4 is 10.9 Å². The molecule has 1 aromatic heterocycles. The lowest BCUT2D eigenvalue weighted by Crippen LogP contribution is -1.97. The third kappa shape index (κ3) is 1.69. The lowest BCUT2D eigenvalue weighted by molar-refractivity contribution is -0.496. The van der Waals surface area contributed by atoms with Crippen molar-refractivity contribution < 1.29 is 4.92 Å². The Morgan fingerprint density at radius 3 is 3.00 bits per heavy atom. The van der Waals surface area contributed by atoms with Crippen LogP contribution in [0.5, 0.6) is 0 Å². The van der Waals surface area contributed by atoms with Gasteiger partial charge in [-0.1, -0.05) is 12.1 Å². The van der Waals surface area contributed by atoms with Gasteiger partial charge in [-0.25, -0.2) is 0 Å².